The van der Waals surface area contributed by atoms with Gasteiger partial charge in [-0.2, -0.15) is 5.10 Å². The first-order valence-electron chi connectivity index (χ1n) is 5.97. The van der Waals surface area contributed by atoms with Crippen LogP contribution in [0.4, 0.5) is 17.6 Å². The lowest BCUT2D eigenvalue weighted by Crippen LogP contribution is -2.37. The molecular weight excluding hydrogens is 332 g/mol. The molecule has 0 saturated heterocycles. The first-order valence-corrected chi connectivity index (χ1v) is 7.63. The van der Waals surface area contributed by atoms with E-state index in [4.69, 9.17) is 4.84 Å². The number of sulfone groups is 1. The number of aryl methyl sites for hydroxylation is 1. The normalized spacial score (nSPS) is 21.6. The minimum atomic E-state index is -4.87. The number of nitrogens with zero attached hydrogens (tertiary/aromatic N) is 4. The van der Waals surface area contributed by atoms with Gasteiger partial charge in [-0.15, -0.1) is 18.3 Å². The highest BCUT2D eigenvalue weighted by molar-refractivity contribution is 8.05. The van der Waals surface area contributed by atoms with Crippen LogP contribution in [0.3, 0.4) is 0 Å². The van der Waals surface area contributed by atoms with Crippen molar-refractivity contribution in [3.63, 3.8) is 0 Å². The number of hydrogen-bond donors (Lipinski definition) is 0. The molecule has 2 rings (SSSR count). The lowest BCUT2D eigenvalue weighted by atomic mass is 10.1. The molecule has 1 unspecified atom stereocenters. The highest BCUT2D eigenvalue weighted by Gasteiger charge is 2.48. The highest BCUT2D eigenvalue weighted by atomic mass is 32.2. The second-order valence-corrected chi connectivity index (χ2v) is 7.17. The molecule has 1 aromatic rings. The Morgan fingerprint density at radius 3 is 2.32 bits per heavy atom. The van der Waals surface area contributed by atoms with E-state index in [1.54, 1.807) is 0 Å². The van der Waals surface area contributed by atoms with Crippen molar-refractivity contribution in [2.24, 2.45) is 5.16 Å². The van der Waals surface area contributed by atoms with Crippen LogP contribution < -0.4 is 0 Å². The SMILES string of the molecule is Cc1nn(C(F)(F)F)nc1CS(=O)(=O)C1=NOC(C)(C)C1F. The lowest BCUT2D eigenvalue weighted by Gasteiger charge is -2.17. The predicted molar refractivity (Wildman–Crippen MR) is 66.2 cm³/mol. The summed E-state index contributed by atoms with van der Waals surface area (Å²) in [5.74, 6) is -0.951. The number of oxime groups is 1. The molecule has 0 aliphatic carbocycles. The fourth-order valence-electron chi connectivity index (χ4n) is 1.68. The molecule has 0 bridgehead atoms. The van der Waals surface area contributed by atoms with Crippen molar-refractivity contribution in [2.45, 2.75) is 44.6 Å². The zero-order valence-corrected chi connectivity index (χ0v) is 12.5. The van der Waals surface area contributed by atoms with E-state index in [0.29, 0.717) is 0 Å². The summed E-state index contributed by atoms with van der Waals surface area (Å²) >= 11 is 0. The third-order valence-electron chi connectivity index (χ3n) is 2.95. The summed E-state index contributed by atoms with van der Waals surface area (Å²) < 4.78 is 75.6. The van der Waals surface area contributed by atoms with Gasteiger partial charge in [0.05, 0.1) is 5.69 Å². The highest BCUT2D eigenvalue weighted by Crippen LogP contribution is 2.29. The molecule has 0 saturated carbocycles. The Labute approximate surface area is 122 Å². The van der Waals surface area contributed by atoms with Gasteiger partial charge >= 0.3 is 6.30 Å². The van der Waals surface area contributed by atoms with E-state index in [-0.39, 0.29) is 5.69 Å². The fourth-order valence-corrected chi connectivity index (χ4v) is 3.20. The Balaban J connectivity index is 2.30. The largest absolute Gasteiger partial charge is 0.521 e. The van der Waals surface area contributed by atoms with Gasteiger partial charge in [0.2, 0.25) is 14.9 Å². The number of rotatable bonds is 2. The van der Waals surface area contributed by atoms with Gasteiger partial charge < -0.3 is 4.84 Å². The molecule has 0 radical (unpaired) electrons. The van der Waals surface area contributed by atoms with Gasteiger partial charge in [-0.25, -0.2) is 12.8 Å². The molecule has 2 heterocycles. The summed E-state index contributed by atoms with van der Waals surface area (Å²) in [6.07, 6.45) is -6.89. The maximum Gasteiger partial charge on any atom is 0.521 e. The Bertz CT molecular complexity index is 723. The van der Waals surface area contributed by atoms with Crippen molar-refractivity contribution in [3.8, 4) is 0 Å². The van der Waals surface area contributed by atoms with Crippen LogP contribution in [0.1, 0.15) is 25.2 Å². The molecule has 12 heteroatoms. The molecule has 1 aromatic heterocycles. The first-order chi connectivity index (χ1) is 9.84. The van der Waals surface area contributed by atoms with E-state index in [1.165, 1.54) is 20.8 Å². The van der Waals surface area contributed by atoms with Crippen molar-refractivity contribution in [1.29, 1.82) is 0 Å². The van der Waals surface area contributed by atoms with E-state index < -0.39 is 49.2 Å². The molecule has 0 amide bonds. The summed E-state index contributed by atoms with van der Waals surface area (Å²) in [5, 5.41) is 8.51. The van der Waals surface area contributed by atoms with Crippen LogP contribution in [0.25, 0.3) is 0 Å². The van der Waals surface area contributed by atoms with Gasteiger partial charge in [0, 0.05) is 0 Å². The van der Waals surface area contributed by atoms with Gasteiger partial charge in [0.25, 0.3) is 0 Å². The standard InChI is InChI=1S/C10H12F4N4O3S/c1-5-6(16-18(15-5)10(12,13)14)4-22(19,20)8-7(11)9(2,3)21-17-8/h7H,4H2,1-3H3. The molecule has 1 atom stereocenters. The van der Waals surface area contributed by atoms with Crippen molar-refractivity contribution in [2.75, 3.05) is 0 Å². The van der Waals surface area contributed by atoms with E-state index >= 15 is 0 Å². The lowest BCUT2D eigenvalue weighted by molar-refractivity contribution is -0.221. The Morgan fingerprint density at radius 1 is 1.32 bits per heavy atom. The Hall–Kier alpha value is -1.72. The minimum absolute atomic E-state index is 0.227. The van der Waals surface area contributed by atoms with E-state index in [0.717, 1.165) is 0 Å². The minimum Gasteiger partial charge on any atom is -0.385 e. The molecule has 7 nitrogen and oxygen atoms in total. The third-order valence-corrected chi connectivity index (χ3v) is 4.52. The molecule has 1 aliphatic rings. The van der Waals surface area contributed by atoms with Crippen LogP contribution in [-0.4, -0.2) is 40.2 Å². The Kier molecular flexibility index (Phi) is 3.70. The van der Waals surface area contributed by atoms with Gasteiger partial charge in [-0.3, -0.25) is 0 Å². The van der Waals surface area contributed by atoms with E-state index in [1.807, 2.05) is 0 Å². The topological polar surface area (TPSA) is 86.4 Å². The van der Waals surface area contributed by atoms with Crippen LogP contribution in [0.15, 0.2) is 5.16 Å². The van der Waals surface area contributed by atoms with Crippen LogP contribution in [0, 0.1) is 6.92 Å². The number of halogens is 4. The maximum atomic E-state index is 14.0. The number of aromatic nitrogens is 3. The average Bonchev–Trinajstić information content (AvgIpc) is 2.81. The first kappa shape index (κ1) is 16.6. The quantitative estimate of drug-likeness (QED) is 0.758. The van der Waals surface area contributed by atoms with Gasteiger partial charge in [0.15, 0.2) is 11.8 Å². The fraction of sp³-hybridized carbons (Fsp3) is 0.700. The molecule has 1 aliphatic heterocycles. The van der Waals surface area contributed by atoms with Gasteiger partial charge in [-0.1, -0.05) is 9.95 Å². The summed E-state index contributed by atoms with van der Waals surface area (Å²) in [6, 6.07) is 0. The predicted octanol–water partition coefficient (Wildman–Crippen LogP) is 1.44. The van der Waals surface area contributed by atoms with E-state index in [2.05, 4.69) is 15.4 Å². The summed E-state index contributed by atoms with van der Waals surface area (Å²) in [7, 11) is -4.32. The molecule has 0 aromatic carbocycles. The van der Waals surface area contributed by atoms with Crippen LogP contribution in [-0.2, 0) is 26.7 Å². The van der Waals surface area contributed by atoms with Crippen molar-refractivity contribution < 1.29 is 30.8 Å². The van der Waals surface area contributed by atoms with Crippen molar-refractivity contribution >= 4 is 14.9 Å². The zero-order valence-electron chi connectivity index (χ0n) is 11.7. The number of alkyl halides is 4. The van der Waals surface area contributed by atoms with E-state index in [9.17, 15) is 26.0 Å². The van der Waals surface area contributed by atoms with Crippen molar-refractivity contribution in [3.05, 3.63) is 11.4 Å². The van der Waals surface area contributed by atoms with Crippen molar-refractivity contribution in [1.82, 2.24) is 15.0 Å². The third kappa shape index (κ3) is 2.91. The maximum absolute atomic E-state index is 14.0. The van der Waals surface area contributed by atoms with Gasteiger partial charge in [0.1, 0.15) is 11.4 Å². The second-order valence-electron chi connectivity index (χ2n) is 5.24. The summed E-state index contributed by atoms with van der Waals surface area (Å²) in [4.78, 5) is 4.15. The summed E-state index contributed by atoms with van der Waals surface area (Å²) in [6.45, 7) is 3.77. The second kappa shape index (κ2) is 4.89. The molecular formula is C10H12F4N4O3S. The zero-order chi connectivity index (χ0) is 16.9. The summed E-state index contributed by atoms with van der Waals surface area (Å²) in [5.41, 5.74) is -2.12. The average molecular weight is 344 g/mol. The van der Waals surface area contributed by atoms with Crippen LogP contribution >= 0.6 is 0 Å². The number of hydrogen-bond acceptors (Lipinski definition) is 6. The molecule has 0 N–H and O–H groups in total. The van der Waals surface area contributed by atoms with Gasteiger partial charge in [-0.05, 0) is 20.8 Å². The molecule has 124 valence electrons. The van der Waals surface area contributed by atoms with Crippen LogP contribution in [0.2, 0.25) is 0 Å². The molecule has 22 heavy (non-hydrogen) atoms. The molecule has 0 fully saturated rings. The van der Waals surface area contributed by atoms with Crippen LogP contribution in [0.5, 0.6) is 0 Å². The Morgan fingerprint density at radius 2 is 1.91 bits per heavy atom. The molecule has 0 spiro atoms. The smallest absolute Gasteiger partial charge is 0.385 e. The monoisotopic (exact) mass is 344 g/mol.